The zero-order chi connectivity index (χ0) is 17.5. The van der Waals surface area contributed by atoms with Crippen molar-refractivity contribution >= 4 is 11.3 Å². The second-order valence-electron chi connectivity index (χ2n) is 6.17. The molecule has 0 aliphatic carbocycles. The highest BCUT2D eigenvalue weighted by atomic mass is 32.1. The first-order chi connectivity index (χ1) is 11.5. The van der Waals surface area contributed by atoms with Crippen molar-refractivity contribution in [2.24, 2.45) is 11.7 Å². The summed E-state index contributed by atoms with van der Waals surface area (Å²) in [6, 6.07) is 10.0. The van der Waals surface area contributed by atoms with Crippen molar-refractivity contribution in [3.8, 4) is 17.6 Å². The second kappa shape index (κ2) is 8.89. The number of hydrogen-bond donors (Lipinski definition) is 2. The summed E-state index contributed by atoms with van der Waals surface area (Å²) in [6.07, 6.45) is 0.778. The zero-order valence-corrected chi connectivity index (χ0v) is 15.3. The first-order valence-electron chi connectivity index (χ1n) is 8.14. The van der Waals surface area contributed by atoms with E-state index in [1.807, 2.05) is 31.2 Å². The number of nitrogens with two attached hydrogens (primary N) is 1. The van der Waals surface area contributed by atoms with Crippen LogP contribution in [0.4, 0.5) is 0 Å². The van der Waals surface area contributed by atoms with Gasteiger partial charge in [-0.05, 0) is 61.6 Å². The van der Waals surface area contributed by atoms with E-state index in [0.29, 0.717) is 6.61 Å². The van der Waals surface area contributed by atoms with Gasteiger partial charge in [0.1, 0.15) is 12.4 Å². The number of aliphatic hydroxyl groups is 1. The molecule has 0 spiro atoms. The van der Waals surface area contributed by atoms with Crippen LogP contribution in [0.25, 0.3) is 0 Å². The number of aliphatic hydroxyl groups excluding tert-OH is 1. The van der Waals surface area contributed by atoms with Gasteiger partial charge in [-0.3, -0.25) is 0 Å². The Morgan fingerprint density at radius 2 is 2.00 bits per heavy atom. The lowest BCUT2D eigenvalue weighted by Crippen LogP contribution is -2.14. The van der Waals surface area contributed by atoms with Gasteiger partial charge in [0.05, 0.1) is 4.88 Å². The first-order valence-corrected chi connectivity index (χ1v) is 8.96. The molecule has 0 bridgehead atoms. The van der Waals surface area contributed by atoms with Crippen molar-refractivity contribution in [2.45, 2.75) is 33.2 Å². The van der Waals surface area contributed by atoms with Gasteiger partial charge >= 0.3 is 0 Å². The number of benzene rings is 1. The van der Waals surface area contributed by atoms with E-state index in [9.17, 15) is 0 Å². The predicted molar refractivity (Wildman–Crippen MR) is 100 cm³/mol. The molecule has 1 aromatic carbocycles. The van der Waals surface area contributed by atoms with E-state index < -0.39 is 0 Å². The molecule has 24 heavy (non-hydrogen) atoms. The maximum absolute atomic E-state index is 9.12. The molecule has 1 aromatic heterocycles. The smallest absolute Gasteiger partial charge is 0.149 e. The highest BCUT2D eigenvalue weighted by Crippen LogP contribution is 2.25. The Bertz CT molecular complexity index is 727. The van der Waals surface area contributed by atoms with Crippen LogP contribution in [0.1, 0.15) is 40.3 Å². The molecule has 0 saturated heterocycles. The van der Waals surface area contributed by atoms with Gasteiger partial charge in [-0.25, -0.2) is 0 Å². The van der Waals surface area contributed by atoms with Crippen molar-refractivity contribution in [1.29, 1.82) is 0 Å². The molecule has 3 nitrogen and oxygen atoms in total. The molecule has 2 rings (SSSR count). The van der Waals surface area contributed by atoms with Gasteiger partial charge in [0.2, 0.25) is 0 Å². The summed E-state index contributed by atoms with van der Waals surface area (Å²) < 4.78 is 5.66. The summed E-state index contributed by atoms with van der Waals surface area (Å²) in [5.41, 5.74) is 8.64. The van der Waals surface area contributed by atoms with Crippen molar-refractivity contribution in [2.75, 3.05) is 13.2 Å². The summed E-state index contributed by atoms with van der Waals surface area (Å²) in [5, 5.41) is 9.12. The molecule has 0 amide bonds. The average molecular weight is 343 g/mol. The normalized spacial score (nSPS) is 13.0. The second-order valence-corrected chi connectivity index (χ2v) is 7.28. The number of hydrogen-bond acceptors (Lipinski definition) is 4. The van der Waals surface area contributed by atoms with Crippen LogP contribution < -0.4 is 10.5 Å². The molecule has 3 N–H and O–H groups in total. The third kappa shape index (κ3) is 5.38. The largest absolute Gasteiger partial charge is 0.481 e. The van der Waals surface area contributed by atoms with E-state index in [2.05, 4.69) is 31.8 Å². The minimum Gasteiger partial charge on any atom is -0.481 e. The number of ether oxygens (including phenoxy) is 1. The molecule has 4 heteroatoms. The Balaban J connectivity index is 1.88. The summed E-state index contributed by atoms with van der Waals surface area (Å²) in [7, 11) is 0. The summed E-state index contributed by atoms with van der Waals surface area (Å²) >= 11 is 1.61. The minimum atomic E-state index is -0.0421. The van der Waals surface area contributed by atoms with Crippen LogP contribution in [0.5, 0.6) is 5.75 Å². The Kier molecular flexibility index (Phi) is 6.86. The summed E-state index contributed by atoms with van der Waals surface area (Å²) in [6.45, 7) is 6.68. The maximum atomic E-state index is 9.12. The molecular formula is C20H25NO2S. The van der Waals surface area contributed by atoms with Crippen molar-refractivity contribution in [1.82, 2.24) is 0 Å². The molecule has 1 unspecified atom stereocenters. The SMILES string of the molecule is Cc1ccc(OCC#Cc2ccc(C(N)C[C@@H](C)CO)s2)cc1C. The van der Waals surface area contributed by atoms with E-state index >= 15 is 0 Å². The molecule has 0 saturated carbocycles. The van der Waals surface area contributed by atoms with Crippen LogP contribution in [0.15, 0.2) is 30.3 Å². The van der Waals surface area contributed by atoms with Gasteiger partial charge in [0.15, 0.2) is 0 Å². The number of aryl methyl sites for hydroxylation is 2. The fourth-order valence-corrected chi connectivity index (χ4v) is 3.19. The first kappa shape index (κ1) is 18.5. The van der Waals surface area contributed by atoms with Crippen LogP contribution in [0.2, 0.25) is 0 Å². The highest BCUT2D eigenvalue weighted by molar-refractivity contribution is 7.12. The Morgan fingerprint density at radius 1 is 1.21 bits per heavy atom. The van der Waals surface area contributed by atoms with Crippen LogP contribution in [-0.2, 0) is 0 Å². The van der Waals surface area contributed by atoms with Gasteiger partial charge in [0.25, 0.3) is 0 Å². The Hall–Kier alpha value is -1.80. The fourth-order valence-electron chi connectivity index (χ4n) is 2.29. The fraction of sp³-hybridized carbons (Fsp3) is 0.400. The standard InChI is InChI=1S/C20H25NO2S/c1-14(13-22)11-19(21)20-9-8-18(24-20)5-4-10-23-17-7-6-15(2)16(3)12-17/h6-9,12,14,19,22H,10-11,13,21H2,1-3H3/t14-,19?/m1/s1. The van der Waals surface area contributed by atoms with Crippen molar-refractivity contribution in [3.05, 3.63) is 51.2 Å². The van der Waals surface area contributed by atoms with E-state index in [1.54, 1.807) is 11.3 Å². The number of thiophene rings is 1. The van der Waals surface area contributed by atoms with Gasteiger partial charge < -0.3 is 15.6 Å². The lowest BCUT2D eigenvalue weighted by atomic mass is 10.0. The summed E-state index contributed by atoms with van der Waals surface area (Å²) in [4.78, 5) is 2.09. The lowest BCUT2D eigenvalue weighted by Gasteiger charge is -2.13. The van der Waals surface area contributed by atoms with Crippen LogP contribution in [0, 0.1) is 31.6 Å². The van der Waals surface area contributed by atoms with Crippen LogP contribution in [-0.4, -0.2) is 18.3 Å². The van der Waals surface area contributed by atoms with Crippen molar-refractivity contribution < 1.29 is 9.84 Å². The van der Waals surface area contributed by atoms with Gasteiger partial charge in [-0.1, -0.05) is 24.8 Å². The third-order valence-electron chi connectivity index (χ3n) is 3.96. The molecule has 2 aromatic rings. The van der Waals surface area contributed by atoms with Gasteiger partial charge in [-0.15, -0.1) is 11.3 Å². The molecule has 128 valence electrons. The van der Waals surface area contributed by atoms with E-state index in [0.717, 1.165) is 21.9 Å². The molecular weight excluding hydrogens is 318 g/mol. The van der Waals surface area contributed by atoms with Gasteiger partial charge in [-0.2, -0.15) is 0 Å². The Labute approximate surface area is 148 Å². The van der Waals surface area contributed by atoms with Gasteiger partial charge in [0, 0.05) is 17.5 Å². The Morgan fingerprint density at radius 3 is 2.71 bits per heavy atom. The average Bonchev–Trinajstić information content (AvgIpc) is 3.03. The molecule has 2 atom stereocenters. The molecule has 1 heterocycles. The van der Waals surface area contributed by atoms with E-state index in [4.69, 9.17) is 15.6 Å². The van der Waals surface area contributed by atoms with Crippen LogP contribution >= 0.6 is 11.3 Å². The highest BCUT2D eigenvalue weighted by Gasteiger charge is 2.12. The number of rotatable bonds is 6. The topological polar surface area (TPSA) is 55.5 Å². The maximum Gasteiger partial charge on any atom is 0.149 e. The molecule has 0 radical (unpaired) electrons. The van der Waals surface area contributed by atoms with E-state index in [-0.39, 0.29) is 18.6 Å². The van der Waals surface area contributed by atoms with Crippen molar-refractivity contribution in [3.63, 3.8) is 0 Å². The van der Waals surface area contributed by atoms with E-state index in [1.165, 1.54) is 11.1 Å². The zero-order valence-electron chi connectivity index (χ0n) is 14.5. The monoisotopic (exact) mass is 343 g/mol. The third-order valence-corrected chi connectivity index (χ3v) is 5.09. The minimum absolute atomic E-state index is 0.0421. The van der Waals surface area contributed by atoms with Crippen LogP contribution in [0.3, 0.4) is 0 Å². The summed E-state index contributed by atoms with van der Waals surface area (Å²) in [5.74, 6) is 7.23. The lowest BCUT2D eigenvalue weighted by molar-refractivity contribution is 0.224. The quantitative estimate of drug-likeness (QED) is 0.784. The predicted octanol–water partition coefficient (Wildman–Crippen LogP) is 3.81. The molecule has 0 fully saturated rings. The molecule has 0 aliphatic rings. The molecule has 0 aliphatic heterocycles.